The van der Waals surface area contributed by atoms with Crippen LogP contribution in [0, 0.1) is 111 Å². The predicted molar refractivity (Wildman–Crippen MR) is 631 cm³/mol. The second kappa shape index (κ2) is 48.8. The van der Waals surface area contributed by atoms with E-state index < -0.39 is 0 Å². The zero-order valence-corrected chi connectivity index (χ0v) is 90.5. The number of benzene rings is 19. The molecule has 0 nitrogen and oxygen atoms in total. The average molecular weight is 1870 g/mol. The molecule has 1 aliphatic carbocycles. The van der Waals surface area contributed by atoms with E-state index in [1.54, 1.807) is 11.1 Å². The first kappa shape index (κ1) is 105. The summed E-state index contributed by atoms with van der Waals surface area (Å²) in [5.41, 5.74) is 40.2. The average Bonchev–Trinajstić information content (AvgIpc) is 0.721. The summed E-state index contributed by atoms with van der Waals surface area (Å²) in [5, 5.41) is 22.1. The van der Waals surface area contributed by atoms with E-state index in [1.807, 2.05) is 0 Å². The molecule has 0 aromatic heterocycles. The topological polar surface area (TPSA) is 0 Å². The molecule has 0 heteroatoms. The molecule has 0 spiro atoms. The Balaban J connectivity index is 0.000000135. The van der Waals surface area contributed by atoms with E-state index in [4.69, 9.17) is 0 Å². The lowest BCUT2D eigenvalue weighted by Crippen LogP contribution is -2.43. The maximum Gasteiger partial charge on any atom is -0.000558 e. The van der Waals surface area contributed by atoms with E-state index in [-0.39, 0.29) is 10.8 Å². The maximum atomic E-state index is 2.46. The first-order valence-electron chi connectivity index (χ1n) is 53.7. The van der Waals surface area contributed by atoms with Gasteiger partial charge in [-0.3, -0.25) is 0 Å². The van der Waals surface area contributed by atoms with Gasteiger partial charge in [-0.1, -0.05) is 531 Å². The first-order valence-corrected chi connectivity index (χ1v) is 53.7. The van der Waals surface area contributed by atoms with Crippen molar-refractivity contribution in [2.24, 2.45) is 0 Å². The number of hydrogen-bond donors (Lipinski definition) is 0. The van der Waals surface area contributed by atoms with Gasteiger partial charge in [-0.2, -0.15) is 0 Å². The van der Waals surface area contributed by atoms with E-state index in [2.05, 4.69) is 481 Å². The van der Waals surface area contributed by atoms with Crippen molar-refractivity contribution >= 4 is 86.2 Å². The van der Waals surface area contributed by atoms with E-state index in [9.17, 15) is 0 Å². The van der Waals surface area contributed by atoms with Gasteiger partial charge in [-0.25, -0.2) is 0 Å². The molecule has 0 aliphatic heterocycles. The van der Waals surface area contributed by atoms with Crippen LogP contribution in [-0.4, -0.2) is 0 Å². The minimum atomic E-state index is 0.134. The Kier molecular flexibility index (Phi) is 36.1. The fraction of sp³-hybridized carbons (Fsp3) is 0.310. The fourth-order valence-corrected chi connectivity index (χ4v) is 22.1. The van der Waals surface area contributed by atoms with Crippen LogP contribution >= 0.6 is 0 Å². The Morgan fingerprint density at radius 2 is 0.458 bits per heavy atom. The third kappa shape index (κ3) is 25.5. The Hall–Kier alpha value is -12.7. The highest BCUT2D eigenvalue weighted by atomic mass is 14.5. The molecule has 1 aliphatic rings. The lowest BCUT2D eigenvalue weighted by Gasteiger charge is -2.48. The predicted octanol–water partition coefficient (Wildman–Crippen LogP) is 42.1. The summed E-state index contributed by atoms with van der Waals surface area (Å²) in [6.45, 7) is 51.3. The van der Waals surface area contributed by atoms with Crippen LogP contribution in [-0.2, 0) is 30.1 Å². The number of hydrogen-bond acceptors (Lipinski definition) is 0. The summed E-state index contributed by atoms with van der Waals surface area (Å²) in [5.74, 6) is 0. The zero-order valence-electron chi connectivity index (χ0n) is 90.5. The summed E-state index contributed by atoms with van der Waals surface area (Å²) in [4.78, 5) is 0. The van der Waals surface area contributed by atoms with Crippen molar-refractivity contribution in [2.45, 2.75) is 292 Å². The summed E-state index contributed by atoms with van der Waals surface area (Å²) >= 11 is 0. The normalized spacial score (nSPS) is 12.1. The summed E-state index contributed by atoms with van der Waals surface area (Å²) in [6.07, 6.45) is 25.6. The largest absolute Gasteiger partial charge is 0.0654 e. The van der Waals surface area contributed by atoms with Gasteiger partial charge in [-0.15, -0.1) is 0 Å². The van der Waals surface area contributed by atoms with Crippen molar-refractivity contribution in [3.63, 3.8) is 0 Å². The van der Waals surface area contributed by atoms with Crippen molar-refractivity contribution < 1.29 is 0 Å². The number of aryl methyl sites for hydroxylation is 19. The standard InChI is InChI=1S/C32H46.C28H22.C23H20.C20H24.C17H16.C14H22.C8H10/c1-5-7-9-11-13-15-17-27-28(18-16-14-12-10-8-6-2)32-24-26(4)20-22-30(32)29-21-19-25(3)23-31(27)29;1-19-13-15-23-24-16-14-20(2)18-26(24)28(22-11-7-4-8-12-22)27(25(23)17-19)21-9-5-3-6-10-21;1-15-9-11-19-20-12-10-16(2)14-22(20)23(17(3)21(19)13-15)18-7-5-4-6-8-18;1-13-7-9-15-16-10-8-14(2)12-18(16)20(5,6)19(3,4)17(15)11-13;1-11-4-6-15-14(8-11)10-13(3)17-9-12(2)5-7-16(15)17;1-4-5-6-7-8-14-10-12(2)9-13(3)11-14;1-7-4-3-5-8(2)6-7/h19-24H,5-18H2,1-4H3;3-18H,1-2H3;4-14H,1-3H3;7-12H,1-6H3;4-10H,1-3H3;9-11H,4-8H2,1-3H3;3-6H,1-2H3. The van der Waals surface area contributed by atoms with Crippen LogP contribution in [0.2, 0.25) is 0 Å². The van der Waals surface area contributed by atoms with Crippen LogP contribution in [0.4, 0.5) is 0 Å². The van der Waals surface area contributed by atoms with Gasteiger partial charge in [0.15, 0.2) is 0 Å². The van der Waals surface area contributed by atoms with Crippen LogP contribution in [0.5, 0.6) is 0 Å². The molecule has 0 bridgehead atoms. The highest BCUT2D eigenvalue weighted by Gasteiger charge is 2.46. The van der Waals surface area contributed by atoms with E-state index in [0.29, 0.717) is 0 Å². The lowest BCUT2D eigenvalue weighted by atomic mass is 9.55. The van der Waals surface area contributed by atoms with Gasteiger partial charge in [0, 0.05) is 0 Å². The summed E-state index contributed by atoms with van der Waals surface area (Å²) in [7, 11) is 0. The van der Waals surface area contributed by atoms with Gasteiger partial charge >= 0.3 is 0 Å². The van der Waals surface area contributed by atoms with Gasteiger partial charge in [-0.05, 0) is 330 Å². The summed E-state index contributed by atoms with van der Waals surface area (Å²) < 4.78 is 0. The molecule has 20 rings (SSSR count). The monoisotopic (exact) mass is 1870 g/mol. The smallest absolute Gasteiger partial charge is 0.000558 e. The molecule has 0 saturated heterocycles. The van der Waals surface area contributed by atoms with E-state index in [1.165, 1.54) is 358 Å². The Morgan fingerprint density at radius 1 is 0.183 bits per heavy atom. The SMILES string of the molecule is CCCCCCCCc1c(CCCCCCCC)c2cc(C)ccc2c2ccc(C)cc12.CCCCCCc1cc(C)cc(C)c1.Cc1ccc2c(c1)C(C)(C)C(C)(C)c1cc(C)ccc1-2.Cc1ccc2c(c1)c(-c1ccccc1)c(-c1ccccc1)c1cc(C)ccc12.Cc1ccc2c(c1)c(C)c(-c1ccccc1)c1cc(C)ccc12.Cc1ccc2c(c1)cc(C)c1cc(C)ccc12.Cc1cccc(C)c1. The molecule has 0 saturated carbocycles. The van der Waals surface area contributed by atoms with Crippen molar-refractivity contribution in [1.29, 1.82) is 0 Å². The number of rotatable bonds is 22. The van der Waals surface area contributed by atoms with Gasteiger partial charge < -0.3 is 0 Å². The zero-order chi connectivity index (χ0) is 101. The van der Waals surface area contributed by atoms with Crippen molar-refractivity contribution in [3.8, 4) is 44.5 Å². The first-order chi connectivity index (χ1) is 68.4. The van der Waals surface area contributed by atoms with Crippen LogP contribution in [0.3, 0.4) is 0 Å². The molecular weight excluding hydrogens is 1710 g/mol. The minimum Gasteiger partial charge on any atom is -0.0654 e. The van der Waals surface area contributed by atoms with E-state index in [0.717, 1.165) is 0 Å². The fourth-order valence-electron chi connectivity index (χ4n) is 22.1. The van der Waals surface area contributed by atoms with Gasteiger partial charge in [0.25, 0.3) is 0 Å². The Bertz CT molecular complexity index is 7270. The molecule has 142 heavy (non-hydrogen) atoms. The lowest BCUT2D eigenvalue weighted by molar-refractivity contribution is 0.299. The molecule has 0 heterocycles. The molecule has 728 valence electrons. The van der Waals surface area contributed by atoms with Crippen molar-refractivity contribution in [3.05, 3.63) is 438 Å². The Labute approximate surface area is 855 Å². The molecular formula is C142H160. The second-order valence-electron chi connectivity index (χ2n) is 42.9. The quantitative estimate of drug-likeness (QED) is 0.0469. The highest BCUT2D eigenvalue weighted by molar-refractivity contribution is 6.22. The van der Waals surface area contributed by atoms with Gasteiger partial charge in [0.05, 0.1) is 0 Å². The van der Waals surface area contributed by atoms with E-state index >= 15 is 0 Å². The summed E-state index contributed by atoms with van der Waals surface area (Å²) in [6, 6.07) is 119. The molecule has 19 aromatic carbocycles. The van der Waals surface area contributed by atoms with Crippen molar-refractivity contribution in [2.75, 3.05) is 0 Å². The molecule has 0 unspecified atom stereocenters. The van der Waals surface area contributed by atoms with Crippen LogP contribution in [0.1, 0.15) is 268 Å². The molecule has 0 amide bonds. The minimum absolute atomic E-state index is 0.134. The molecule has 19 aromatic rings. The van der Waals surface area contributed by atoms with Crippen molar-refractivity contribution in [1.82, 2.24) is 0 Å². The van der Waals surface area contributed by atoms with Gasteiger partial charge in [0.2, 0.25) is 0 Å². The van der Waals surface area contributed by atoms with Crippen LogP contribution in [0.15, 0.2) is 322 Å². The molecule has 0 N–H and O–H groups in total. The molecule has 0 radical (unpaired) electrons. The van der Waals surface area contributed by atoms with Gasteiger partial charge in [0.1, 0.15) is 0 Å². The molecule has 0 atom stereocenters. The third-order valence-corrected chi connectivity index (χ3v) is 30.3. The number of unbranched alkanes of at least 4 members (excludes halogenated alkanes) is 13. The molecule has 0 fully saturated rings. The van der Waals surface area contributed by atoms with Crippen LogP contribution in [0.25, 0.3) is 131 Å². The maximum absolute atomic E-state index is 2.46. The number of fused-ring (bicyclic) bond motifs is 15. The third-order valence-electron chi connectivity index (χ3n) is 30.3. The Morgan fingerprint density at radius 3 is 0.838 bits per heavy atom. The van der Waals surface area contributed by atoms with Crippen LogP contribution < -0.4 is 0 Å². The highest BCUT2D eigenvalue weighted by Crippen LogP contribution is 2.55. The second-order valence-corrected chi connectivity index (χ2v) is 42.9.